The molecule has 138 valence electrons. The molecule has 4 heterocycles. The maximum Gasteiger partial charge on any atom is 0.272 e. The Labute approximate surface area is 162 Å². The number of nitrogens with zero attached hydrogens (tertiary/aromatic N) is 3. The fourth-order valence-electron chi connectivity index (χ4n) is 3.68. The van der Waals surface area contributed by atoms with Gasteiger partial charge < -0.3 is 15.0 Å². The van der Waals surface area contributed by atoms with Crippen molar-refractivity contribution in [1.82, 2.24) is 20.0 Å². The Balaban J connectivity index is 1.36. The molecule has 1 unspecified atom stereocenters. The maximum atomic E-state index is 12.5. The molecule has 0 spiro atoms. The van der Waals surface area contributed by atoms with Crippen molar-refractivity contribution in [2.75, 3.05) is 19.6 Å². The largest absolute Gasteiger partial charge is 0.468 e. The molecule has 3 fully saturated rings. The molecular weight excluding hydrogens is 375 g/mol. The fourth-order valence-corrected chi connectivity index (χ4v) is 4.18. The predicted molar refractivity (Wildman–Crippen MR) is 99.7 cm³/mol. The minimum absolute atomic E-state index is 0.122. The highest BCUT2D eigenvalue weighted by Crippen LogP contribution is 2.32. The second-order valence-electron chi connectivity index (χ2n) is 6.78. The summed E-state index contributed by atoms with van der Waals surface area (Å²) in [6.45, 7) is 3.35. The third-order valence-electron chi connectivity index (χ3n) is 5.11. The summed E-state index contributed by atoms with van der Waals surface area (Å²) < 4.78 is 7.18. The van der Waals surface area contributed by atoms with Crippen LogP contribution in [0.3, 0.4) is 0 Å². The number of fused-ring (bicyclic) bond motifs is 3. The van der Waals surface area contributed by atoms with Gasteiger partial charge in [0.2, 0.25) is 0 Å². The van der Waals surface area contributed by atoms with Crippen molar-refractivity contribution in [1.29, 1.82) is 0 Å². The summed E-state index contributed by atoms with van der Waals surface area (Å²) >= 11 is 12.2. The van der Waals surface area contributed by atoms with Crippen molar-refractivity contribution in [2.45, 2.75) is 25.6 Å². The van der Waals surface area contributed by atoms with Gasteiger partial charge >= 0.3 is 0 Å². The van der Waals surface area contributed by atoms with E-state index in [-0.39, 0.29) is 18.7 Å². The summed E-state index contributed by atoms with van der Waals surface area (Å²) in [4.78, 5) is 14.9. The first-order valence-electron chi connectivity index (χ1n) is 8.73. The molecule has 1 atom stereocenters. The van der Waals surface area contributed by atoms with Gasteiger partial charge in [-0.1, -0.05) is 29.3 Å². The van der Waals surface area contributed by atoms with E-state index < -0.39 is 0 Å². The summed E-state index contributed by atoms with van der Waals surface area (Å²) in [6.07, 6.45) is 4.02. The predicted octanol–water partition coefficient (Wildman–Crippen LogP) is 3.05. The molecule has 6 nitrogen and oxygen atoms in total. The van der Waals surface area contributed by atoms with Crippen LogP contribution in [0.4, 0.5) is 0 Å². The molecule has 26 heavy (non-hydrogen) atoms. The van der Waals surface area contributed by atoms with E-state index >= 15 is 0 Å². The summed E-state index contributed by atoms with van der Waals surface area (Å²) in [5, 5.41) is 8.29. The standard InChI is InChI=1S/C18H20Cl2N4O2/c19-13-2-1-3-14(20)17(13)26-11-24-9-6-15(22-24)18(25)21-16-10-23-7-4-12(16)5-8-23/h1-3,6,9,12,16H,4-5,7-8,10-11H2,(H,21,25). The number of amides is 1. The molecule has 1 amide bonds. The monoisotopic (exact) mass is 394 g/mol. The van der Waals surface area contributed by atoms with Gasteiger partial charge in [0.25, 0.3) is 5.91 Å². The first-order valence-corrected chi connectivity index (χ1v) is 9.49. The first-order chi connectivity index (χ1) is 12.6. The number of carbonyl (C=O) groups excluding carboxylic acids is 1. The highest BCUT2D eigenvalue weighted by Gasteiger charge is 2.35. The summed E-state index contributed by atoms with van der Waals surface area (Å²) in [6, 6.07) is 7.07. The number of hydrogen-bond donors (Lipinski definition) is 1. The molecular formula is C18H20Cl2N4O2. The van der Waals surface area contributed by atoms with Crippen LogP contribution in [0.2, 0.25) is 10.0 Å². The first kappa shape index (κ1) is 17.6. The Hall–Kier alpha value is -1.76. The molecule has 8 heteroatoms. The molecule has 1 aromatic carbocycles. The normalized spacial score (nSPS) is 24.5. The van der Waals surface area contributed by atoms with Crippen LogP contribution in [0.1, 0.15) is 23.3 Å². The van der Waals surface area contributed by atoms with Gasteiger partial charge in [-0.2, -0.15) is 5.10 Å². The van der Waals surface area contributed by atoms with Crippen molar-refractivity contribution in [3.63, 3.8) is 0 Å². The number of piperidine rings is 3. The van der Waals surface area contributed by atoms with Crippen LogP contribution in [0.5, 0.6) is 5.75 Å². The Morgan fingerprint density at radius 2 is 1.96 bits per heavy atom. The zero-order chi connectivity index (χ0) is 18.1. The Kier molecular flexibility index (Phi) is 5.07. The average molecular weight is 395 g/mol. The van der Waals surface area contributed by atoms with E-state index in [9.17, 15) is 4.79 Å². The third-order valence-corrected chi connectivity index (χ3v) is 5.70. The van der Waals surface area contributed by atoms with Crippen molar-refractivity contribution in [3.05, 3.63) is 46.2 Å². The summed E-state index contributed by atoms with van der Waals surface area (Å²) in [5.41, 5.74) is 0.385. The molecule has 3 aliphatic rings. The minimum Gasteiger partial charge on any atom is -0.468 e. The van der Waals surface area contributed by atoms with Crippen LogP contribution in [0.15, 0.2) is 30.5 Å². The number of benzene rings is 1. The quantitative estimate of drug-likeness (QED) is 0.846. The van der Waals surface area contributed by atoms with E-state index in [4.69, 9.17) is 27.9 Å². The van der Waals surface area contributed by atoms with Crippen LogP contribution in [-0.4, -0.2) is 46.3 Å². The van der Waals surface area contributed by atoms with E-state index in [1.54, 1.807) is 35.1 Å². The highest BCUT2D eigenvalue weighted by atomic mass is 35.5. The van der Waals surface area contributed by atoms with Gasteiger partial charge in [0.15, 0.2) is 12.5 Å². The molecule has 0 aliphatic carbocycles. The molecule has 5 rings (SSSR count). The molecule has 2 bridgehead atoms. The lowest BCUT2D eigenvalue weighted by Gasteiger charge is -2.44. The second-order valence-corrected chi connectivity index (χ2v) is 7.60. The van der Waals surface area contributed by atoms with Crippen molar-refractivity contribution < 1.29 is 9.53 Å². The fraction of sp³-hybridized carbons (Fsp3) is 0.444. The number of rotatable bonds is 5. The lowest BCUT2D eigenvalue weighted by Crippen LogP contribution is -2.57. The molecule has 1 aromatic heterocycles. The van der Waals surface area contributed by atoms with Crippen LogP contribution in [0, 0.1) is 5.92 Å². The SMILES string of the molecule is O=C(NC1CN2CCC1CC2)c1ccn(COc2c(Cl)cccc2Cl)n1. The van der Waals surface area contributed by atoms with Crippen molar-refractivity contribution in [3.8, 4) is 5.75 Å². The van der Waals surface area contributed by atoms with E-state index in [0.29, 0.717) is 27.4 Å². The van der Waals surface area contributed by atoms with Crippen LogP contribution in [0.25, 0.3) is 0 Å². The van der Waals surface area contributed by atoms with Gasteiger partial charge in [-0.3, -0.25) is 4.79 Å². The Morgan fingerprint density at radius 1 is 1.23 bits per heavy atom. The van der Waals surface area contributed by atoms with E-state index in [1.165, 1.54) is 0 Å². The lowest BCUT2D eigenvalue weighted by atomic mass is 9.84. The molecule has 0 radical (unpaired) electrons. The van der Waals surface area contributed by atoms with Crippen LogP contribution < -0.4 is 10.1 Å². The van der Waals surface area contributed by atoms with E-state index in [0.717, 1.165) is 32.5 Å². The van der Waals surface area contributed by atoms with E-state index in [1.807, 2.05) is 0 Å². The second kappa shape index (κ2) is 7.47. The van der Waals surface area contributed by atoms with Gasteiger partial charge in [-0.05, 0) is 50.0 Å². The average Bonchev–Trinajstić information content (AvgIpc) is 3.11. The maximum absolute atomic E-state index is 12.5. The summed E-state index contributed by atoms with van der Waals surface area (Å²) in [5.74, 6) is 0.847. The molecule has 3 saturated heterocycles. The molecule has 1 N–H and O–H groups in total. The van der Waals surface area contributed by atoms with Gasteiger partial charge in [0, 0.05) is 18.8 Å². The minimum atomic E-state index is -0.140. The zero-order valence-electron chi connectivity index (χ0n) is 14.2. The number of carbonyl (C=O) groups is 1. The number of para-hydroxylation sites is 1. The third kappa shape index (κ3) is 3.68. The Morgan fingerprint density at radius 3 is 2.62 bits per heavy atom. The van der Waals surface area contributed by atoms with Crippen molar-refractivity contribution in [2.24, 2.45) is 5.92 Å². The number of hydrogen-bond acceptors (Lipinski definition) is 4. The highest BCUT2D eigenvalue weighted by molar-refractivity contribution is 6.37. The van der Waals surface area contributed by atoms with Gasteiger partial charge in [-0.15, -0.1) is 0 Å². The smallest absolute Gasteiger partial charge is 0.272 e. The zero-order valence-corrected chi connectivity index (χ0v) is 15.7. The topological polar surface area (TPSA) is 59.4 Å². The molecule has 3 aliphatic heterocycles. The number of nitrogens with one attached hydrogen (secondary N) is 1. The number of halogens is 2. The molecule has 0 saturated carbocycles. The van der Waals surface area contributed by atoms with Crippen molar-refractivity contribution >= 4 is 29.1 Å². The Bertz CT molecular complexity index is 782. The van der Waals surface area contributed by atoms with E-state index in [2.05, 4.69) is 15.3 Å². The van der Waals surface area contributed by atoms with Gasteiger partial charge in [0.05, 0.1) is 10.0 Å². The number of ether oxygens (including phenoxy) is 1. The molecule has 2 aromatic rings. The van der Waals surface area contributed by atoms with Gasteiger partial charge in [-0.25, -0.2) is 4.68 Å². The van der Waals surface area contributed by atoms with Gasteiger partial charge in [0.1, 0.15) is 5.69 Å². The lowest BCUT2D eigenvalue weighted by molar-refractivity contribution is 0.0617. The van der Waals surface area contributed by atoms with Crippen LogP contribution in [-0.2, 0) is 6.73 Å². The number of aromatic nitrogens is 2. The van der Waals surface area contributed by atoms with Crippen LogP contribution >= 0.6 is 23.2 Å². The summed E-state index contributed by atoms with van der Waals surface area (Å²) in [7, 11) is 0.